The number of likely N-dealkylation sites (tertiary alicyclic amines) is 2. The van der Waals surface area contributed by atoms with Crippen LogP contribution >= 0.6 is 0 Å². The number of methoxy groups -OCH3 is 1. The van der Waals surface area contributed by atoms with Crippen molar-refractivity contribution in [2.24, 2.45) is 5.92 Å². The van der Waals surface area contributed by atoms with E-state index in [2.05, 4.69) is 10.2 Å². The number of hydrogen-bond donors (Lipinski definition) is 1. The van der Waals surface area contributed by atoms with Crippen LogP contribution < -0.4 is 5.69 Å². The fraction of sp³-hybridized carbons (Fsp3) is 0.778. The van der Waals surface area contributed by atoms with E-state index in [1.165, 1.54) is 0 Å². The lowest BCUT2D eigenvalue weighted by Crippen LogP contribution is -2.49. The van der Waals surface area contributed by atoms with Crippen molar-refractivity contribution in [3.8, 4) is 0 Å². The van der Waals surface area contributed by atoms with Crippen LogP contribution in [-0.4, -0.2) is 76.3 Å². The number of nitrogens with zero attached hydrogens (tertiary/aromatic N) is 4. The van der Waals surface area contributed by atoms with E-state index >= 15 is 0 Å². The smallest absolute Gasteiger partial charge is 0.343 e. The molecule has 0 aliphatic carbocycles. The highest BCUT2D eigenvalue weighted by Gasteiger charge is 2.34. The van der Waals surface area contributed by atoms with Crippen LogP contribution in [0.3, 0.4) is 0 Å². The van der Waals surface area contributed by atoms with Crippen molar-refractivity contribution in [3.05, 3.63) is 16.3 Å². The number of rotatable bonds is 6. The zero-order valence-electron chi connectivity index (χ0n) is 16.1. The highest BCUT2D eigenvalue weighted by atomic mass is 16.5. The third-order valence-corrected chi connectivity index (χ3v) is 5.69. The van der Waals surface area contributed by atoms with Crippen LogP contribution in [0.2, 0.25) is 0 Å². The lowest BCUT2D eigenvalue weighted by molar-refractivity contribution is -0.144. The lowest BCUT2D eigenvalue weighted by atomic mass is 9.92. The minimum atomic E-state index is -0.172. The standard InChI is InChI=1S/C18H29N5O4/c1-3-23-16(19-20-18(23)26)13-6-8-21(9-7-13)17(25)14-4-5-15(24)22(12-14)10-11-27-2/h13-14H,3-12H2,1-2H3,(H,20,26)/t14-/m0/s1. The Morgan fingerprint density at radius 2 is 2.00 bits per heavy atom. The molecule has 2 aliphatic heterocycles. The summed E-state index contributed by atoms with van der Waals surface area (Å²) in [6.45, 7) is 5.36. The van der Waals surface area contributed by atoms with Crippen molar-refractivity contribution in [1.82, 2.24) is 24.6 Å². The maximum absolute atomic E-state index is 12.9. The fourth-order valence-corrected chi connectivity index (χ4v) is 4.10. The average Bonchev–Trinajstić information content (AvgIpc) is 3.07. The van der Waals surface area contributed by atoms with Gasteiger partial charge in [-0.15, -0.1) is 0 Å². The third kappa shape index (κ3) is 4.23. The molecular formula is C18H29N5O4. The van der Waals surface area contributed by atoms with Crippen LogP contribution in [0, 0.1) is 5.92 Å². The zero-order chi connectivity index (χ0) is 19.4. The van der Waals surface area contributed by atoms with Gasteiger partial charge >= 0.3 is 5.69 Å². The molecule has 0 spiro atoms. The molecule has 9 nitrogen and oxygen atoms in total. The normalized spacial score (nSPS) is 21.7. The summed E-state index contributed by atoms with van der Waals surface area (Å²) in [4.78, 5) is 40.4. The van der Waals surface area contributed by atoms with Gasteiger partial charge in [0.2, 0.25) is 11.8 Å². The van der Waals surface area contributed by atoms with E-state index in [-0.39, 0.29) is 29.3 Å². The van der Waals surface area contributed by atoms with Gasteiger partial charge in [0.25, 0.3) is 0 Å². The van der Waals surface area contributed by atoms with Crippen molar-refractivity contribution in [2.75, 3.05) is 39.9 Å². The second kappa shape index (κ2) is 8.69. The summed E-state index contributed by atoms with van der Waals surface area (Å²) in [5.41, 5.74) is -0.172. The molecule has 0 radical (unpaired) electrons. The Morgan fingerprint density at radius 1 is 1.26 bits per heavy atom. The van der Waals surface area contributed by atoms with E-state index in [1.807, 2.05) is 11.8 Å². The molecule has 1 atom stereocenters. The number of aromatic nitrogens is 3. The van der Waals surface area contributed by atoms with Gasteiger partial charge in [0.05, 0.1) is 12.5 Å². The molecule has 0 aromatic carbocycles. The second-order valence-corrected chi connectivity index (χ2v) is 7.30. The van der Waals surface area contributed by atoms with E-state index in [9.17, 15) is 14.4 Å². The van der Waals surface area contributed by atoms with Crippen molar-refractivity contribution in [2.45, 2.75) is 45.1 Å². The Balaban J connectivity index is 1.56. The Kier molecular flexibility index (Phi) is 6.30. The number of amides is 2. The number of piperidine rings is 2. The van der Waals surface area contributed by atoms with Crippen molar-refractivity contribution in [3.63, 3.8) is 0 Å². The minimum absolute atomic E-state index is 0.103. The predicted octanol–water partition coefficient (Wildman–Crippen LogP) is 0.182. The molecule has 1 aromatic heterocycles. The molecule has 2 amide bonds. The maximum atomic E-state index is 12.9. The first-order chi connectivity index (χ1) is 13.0. The van der Waals surface area contributed by atoms with Crippen LogP contribution in [-0.2, 0) is 20.9 Å². The third-order valence-electron chi connectivity index (χ3n) is 5.69. The molecule has 0 saturated carbocycles. The molecule has 3 rings (SSSR count). The topological polar surface area (TPSA) is 101 Å². The average molecular weight is 379 g/mol. The fourth-order valence-electron chi connectivity index (χ4n) is 4.10. The number of H-pyrrole nitrogens is 1. The van der Waals surface area contributed by atoms with Crippen LogP contribution in [0.1, 0.15) is 44.3 Å². The summed E-state index contributed by atoms with van der Waals surface area (Å²) in [5.74, 6) is 1.10. The monoisotopic (exact) mass is 379 g/mol. The molecular weight excluding hydrogens is 350 g/mol. The van der Waals surface area contributed by atoms with Gasteiger partial charge in [-0.2, -0.15) is 5.10 Å². The number of carbonyl (C=O) groups excluding carboxylic acids is 2. The molecule has 0 bridgehead atoms. The number of aromatic amines is 1. The van der Waals surface area contributed by atoms with Crippen molar-refractivity contribution >= 4 is 11.8 Å². The molecule has 1 N–H and O–H groups in total. The first kappa shape index (κ1) is 19.6. The first-order valence-electron chi connectivity index (χ1n) is 9.75. The van der Waals surface area contributed by atoms with E-state index in [1.54, 1.807) is 16.6 Å². The molecule has 9 heteroatoms. The number of carbonyl (C=O) groups is 2. The van der Waals surface area contributed by atoms with Gasteiger partial charge in [-0.1, -0.05) is 0 Å². The van der Waals surface area contributed by atoms with Gasteiger partial charge in [-0.05, 0) is 26.2 Å². The van der Waals surface area contributed by atoms with Crippen molar-refractivity contribution in [1.29, 1.82) is 0 Å². The van der Waals surface area contributed by atoms with Gasteiger partial charge in [0.1, 0.15) is 5.82 Å². The second-order valence-electron chi connectivity index (χ2n) is 7.30. The van der Waals surface area contributed by atoms with E-state index in [4.69, 9.17) is 4.74 Å². The Labute approximate surface area is 158 Å². The Hall–Kier alpha value is -2.16. The largest absolute Gasteiger partial charge is 0.383 e. The molecule has 1 aromatic rings. The van der Waals surface area contributed by atoms with Crippen LogP contribution in [0.15, 0.2) is 4.79 Å². The van der Waals surface area contributed by atoms with E-state index in [0.29, 0.717) is 52.2 Å². The van der Waals surface area contributed by atoms with Gasteiger partial charge in [0.15, 0.2) is 0 Å². The van der Waals surface area contributed by atoms with Crippen LogP contribution in [0.25, 0.3) is 0 Å². The minimum Gasteiger partial charge on any atom is -0.383 e. The number of ether oxygens (including phenoxy) is 1. The zero-order valence-corrected chi connectivity index (χ0v) is 16.1. The van der Waals surface area contributed by atoms with Crippen LogP contribution in [0.5, 0.6) is 0 Å². The van der Waals surface area contributed by atoms with Gasteiger partial charge in [-0.25, -0.2) is 9.89 Å². The molecule has 2 fully saturated rings. The summed E-state index contributed by atoms with van der Waals surface area (Å²) < 4.78 is 6.73. The van der Waals surface area contributed by atoms with Crippen LogP contribution in [0.4, 0.5) is 0 Å². The molecule has 150 valence electrons. The molecule has 27 heavy (non-hydrogen) atoms. The highest BCUT2D eigenvalue weighted by molar-refractivity contribution is 5.84. The van der Waals surface area contributed by atoms with Gasteiger partial charge in [0, 0.05) is 52.2 Å². The number of hydrogen-bond acceptors (Lipinski definition) is 5. The maximum Gasteiger partial charge on any atom is 0.343 e. The highest BCUT2D eigenvalue weighted by Crippen LogP contribution is 2.28. The van der Waals surface area contributed by atoms with Gasteiger partial charge < -0.3 is 14.5 Å². The molecule has 2 aliphatic rings. The number of nitrogens with one attached hydrogen (secondary N) is 1. The lowest BCUT2D eigenvalue weighted by Gasteiger charge is -2.37. The Morgan fingerprint density at radius 3 is 2.67 bits per heavy atom. The predicted molar refractivity (Wildman–Crippen MR) is 98.3 cm³/mol. The summed E-state index contributed by atoms with van der Waals surface area (Å²) in [6.07, 6.45) is 2.65. The summed E-state index contributed by atoms with van der Waals surface area (Å²) >= 11 is 0. The quantitative estimate of drug-likeness (QED) is 0.760. The van der Waals surface area contributed by atoms with Gasteiger partial charge in [-0.3, -0.25) is 14.2 Å². The summed E-state index contributed by atoms with van der Waals surface area (Å²) in [5, 5.41) is 6.71. The summed E-state index contributed by atoms with van der Waals surface area (Å²) in [6, 6.07) is 0. The SMILES string of the molecule is CCn1c(C2CCN(C(=O)[C@H]3CCC(=O)N(CCOC)C3)CC2)n[nH]c1=O. The first-order valence-corrected chi connectivity index (χ1v) is 9.75. The summed E-state index contributed by atoms with van der Waals surface area (Å²) in [7, 11) is 1.61. The molecule has 2 saturated heterocycles. The molecule has 3 heterocycles. The molecule has 0 unspecified atom stereocenters. The van der Waals surface area contributed by atoms with Crippen molar-refractivity contribution < 1.29 is 14.3 Å². The van der Waals surface area contributed by atoms with E-state index < -0.39 is 0 Å². The van der Waals surface area contributed by atoms with E-state index in [0.717, 1.165) is 18.7 Å². The Bertz CT molecular complexity index is 720.